The number of aromatic hydroxyl groups is 1. The SMILES string of the molecule is O=C(O)N([C@@H]1CCN(c2nc(-c3ccccc3O)nc3ccc(F)cc23)C1)[C@H]1CCOC1. The highest BCUT2D eigenvalue weighted by Gasteiger charge is 2.37. The molecule has 166 valence electrons. The van der Waals surface area contributed by atoms with E-state index < -0.39 is 11.9 Å². The third-order valence-corrected chi connectivity index (χ3v) is 6.16. The predicted molar refractivity (Wildman–Crippen MR) is 116 cm³/mol. The summed E-state index contributed by atoms with van der Waals surface area (Å²) in [6, 6.07) is 10.7. The number of benzene rings is 2. The van der Waals surface area contributed by atoms with Crippen molar-refractivity contribution in [1.82, 2.24) is 14.9 Å². The highest BCUT2D eigenvalue weighted by molar-refractivity contribution is 5.91. The van der Waals surface area contributed by atoms with Gasteiger partial charge in [-0.2, -0.15) is 0 Å². The van der Waals surface area contributed by atoms with E-state index in [0.717, 1.165) is 0 Å². The van der Waals surface area contributed by atoms with E-state index in [4.69, 9.17) is 4.74 Å². The number of carboxylic acid groups (broad SMARTS) is 1. The summed E-state index contributed by atoms with van der Waals surface area (Å²) in [6.07, 6.45) is 0.359. The van der Waals surface area contributed by atoms with Crippen LogP contribution in [0.4, 0.5) is 15.0 Å². The molecule has 0 bridgehead atoms. The molecule has 0 radical (unpaired) electrons. The van der Waals surface area contributed by atoms with Gasteiger partial charge in [-0.05, 0) is 43.2 Å². The van der Waals surface area contributed by atoms with Crippen LogP contribution in [0.2, 0.25) is 0 Å². The quantitative estimate of drug-likeness (QED) is 0.643. The molecular formula is C23H23FN4O4. The molecule has 0 spiro atoms. The minimum atomic E-state index is -0.958. The summed E-state index contributed by atoms with van der Waals surface area (Å²) in [5.74, 6) is 0.518. The molecule has 3 aromatic rings. The molecule has 2 N–H and O–H groups in total. The number of rotatable bonds is 4. The molecule has 5 rings (SSSR count). The zero-order valence-electron chi connectivity index (χ0n) is 17.3. The van der Waals surface area contributed by atoms with Crippen molar-refractivity contribution in [2.75, 3.05) is 31.2 Å². The van der Waals surface area contributed by atoms with E-state index in [0.29, 0.717) is 67.3 Å². The Kier molecular flexibility index (Phi) is 5.26. The van der Waals surface area contributed by atoms with E-state index >= 15 is 0 Å². The number of phenols is 1. The standard InChI is InChI=1S/C23H23FN4O4/c24-14-5-6-19-18(11-14)22(26-21(25-19)17-3-1-2-4-20(17)29)27-9-7-15(12-27)28(23(30)31)16-8-10-32-13-16/h1-6,11,15-16,29H,7-10,12-13H2,(H,30,31)/t15-,16+/m1/s1. The van der Waals surface area contributed by atoms with Crippen LogP contribution in [0.15, 0.2) is 42.5 Å². The highest BCUT2D eigenvalue weighted by Crippen LogP contribution is 2.34. The van der Waals surface area contributed by atoms with Gasteiger partial charge in [0.1, 0.15) is 17.4 Å². The van der Waals surface area contributed by atoms with Gasteiger partial charge >= 0.3 is 6.09 Å². The molecule has 2 aliphatic heterocycles. The molecule has 2 saturated heterocycles. The molecule has 8 nitrogen and oxygen atoms in total. The molecule has 2 atom stereocenters. The number of hydrogen-bond acceptors (Lipinski definition) is 6. The Bertz CT molecular complexity index is 1170. The topological polar surface area (TPSA) is 99.0 Å². The first-order valence-electron chi connectivity index (χ1n) is 10.6. The van der Waals surface area contributed by atoms with Crippen molar-refractivity contribution in [3.8, 4) is 17.1 Å². The molecule has 3 heterocycles. The first-order chi connectivity index (χ1) is 15.5. The molecule has 1 amide bonds. The monoisotopic (exact) mass is 438 g/mol. The van der Waals surface area contributed by atoms with Gasteiger partial charge in [0, 0.05) is 25.1 Å². The summed E-state index contributed by atoms with van der Waals surface area (Å²) in [6.45, 7) is 1.98. The lowest BCUT2D eigenvalue weighted by Crippen LogP contribution is -2.48. The number of anilines is 1. The summed E-state index contributed by atoms with van der Waals surface area (Å²) >= 11 is 0. The van der Waals surface area contributed by atoms with Crippen molar-refractivity contribution in [3.05, 3.63) is 48.3 Å². The van der Waals surface area contributed by atoms with Crippen molar-refractivity contribution < 1.29 is 24.1 Å². The Labute approximate surface area is 183 Å². The van der Waals surface area contributed by atoms with Crippen LogP contribution < -0.4 is 4.90 Å². The fourth-order valence-corrected chi connectivity index (χ4v) is 4.62. The lowest BCUT2D eigenvalue weighted by Gasteiger charge is -2.31. The number of amides is 1. The van der Waals surface area contributed by atoms with Crippen molar-refractivity contribution in [2.45, 2.75) is 24.9 Å². The molecule has 0 unspecified atom stereocenters. The second-order valence-electron chi connectivity index (χ2n) is 8.15. The van der Waals surface area contributed by atoms with E-state index in [-0.39, 0.29) is 17.8 Å². The van der Waals surface area contributed by atoms with Crippen LogP contribution in [0.5, 0.6) is 5.75 Å². The Morgan fingerprint density at radius 1 is 1.16 bits per heavy atom. The van der Waals surface area contributed by atoms with Crippen LogP contribution in [-0.2, 0) is 4.74 Å². The average Bonchev–Trinajstić information content (AvgIpc) is 3.46. The van der Waals surface area contributed by atoms with Gasteiger partial charge in [0.2, 0.25) is 0 Å². The number of carbonyl (C=O) groups is 1. The van der Waals surface area contributed by atoms with Gasteiger partial charge in [0.25, 0.3) is 0 Å². The zero-order chi connectivity index (χ0) is 22.2. The zero-order valence-corrected chi connectivity index (χ0v) is 17.3. The van der Waals surface area contributed by atoms with Gasteiger partial charge in [0.15, 0.2) is 5.82 Å². The van der Waals surface area contributed by atoms with Gasteiger partial charge in [0.05, 0.1) is 29.8 Å². The third kappa shape index (κ3) is 3.69. The fourth-order valence-electron chi connectivity index (χ4n) is 4.62. The van der Waals surface area contributed by atoms with Crippen molar-refractivity contribution >= 4 is 22.8 Å². The van der Waals surface area contributed by atoms with E-state index in [9.17, 15) is 19.4 Å². The largest absolute Gasteiger partial charge is 0.507 e. The Hall–Kier alpha value is -3.46. The molecule has 2 aliphatic rings. The first-order valence-corrected chi connectivity index (χ1v) is 10.6. The minimum absolute atomic E-state index is 0.0532. The first kappa shape index (κ1) is 20.4. The smallest absolute Gasteiger partial charge is 0.407 e. The van der Waals surface area contributed by atoms with E-state index in [2.05, 4.69) is 9.97 Å². The second-order valence-corrected chi connectivity index (χ2v) is 8.15. The average molecular weight is 438 g/mol. The van der Waals surface area contributed by atoms with Crippen molar-refractivity contribution in [3.63, 3.8) is 0 Å². The molecule has 0 saturated carbocycles. The molecule has 0 aliphatic carbocycles. The number of fused-ring (bicyclic) bond motifs is 1. The van der Waals surface area contributed by atoms with Gasteiger partial charge in [-0.25, -0.2) is 19.2 Å². The van der Waals surface area contributed by atoms with E-state index in [1.807, 2.05) is 4.90 Å². The van der Waals surface area contributed by atoms with Gasteiger partial charge in [-0.15, -0.1) is 0 Å². The van der Waals surface area contributed by atoms with Gasteiger partial charge < -0.3 is 19.8 Å². The second kappa shape index (κ2) is 8.23. The minimum Gasteiger partial charge on any atom is -0.507 e. The van der Waals surface area contributed by atoms with Gasteiger partial charge in [-0.3, -0.25) is 4.90 Å². The molecule has 2 fully saturated rings. The van der Waals surface area contributed by atoms with Crippen LogP contribution in [-0.4, -0.2) is 69.6 Å². The lowest BCUT2D eigenvalue weighted by atomic mass is 10.1. The molecule has 9 heteroatoms. The number of aromatic nitrogens is 2. The van der Waals surface area contributed by atoms with Crippen molar-refractivity contribution in [1.29, 1.82) is 0 Å². The number of phenolic OH excluding ortho intramolecular Hbond substituents is 1. The number of nitrogens with zero attached hydrogens (tertiary/aromatic N) is 4. The summed E-state index contributed by atoms with van der Waals surface area (Å²) < 4.78 is 19.5. The number of hydrogen-bond donors (Lipinski definition) is 2. The maximum absolute atomic E-state index is 14.1. The third-order valence-electron chi connectivity index (χ3n) is 6.16. The number of para-hydroxylation sites is 1. The Morgan fingerprint density at radius 3 is 2.75 bits per heavy atom. The Balaban J connectivity index is 1.54. The number of halogens is 1. The van der Waals surface area contributed by atoms with Crippen molar-refractivity contribution in [2.24, 2.45) is 0 Å². The molecule has 2 aromatic carbocycles. The normalized spacial score (nSPS) is 20.7. The fraction of sp³-hybridized carbons (Fsp3) is 0.348. The summed E-state index contributed by atoms with van der Waals surface area (Å²) in [7, 11) is 0. The van der Waals surface area contributed by atoms with Crippen LogP contribution in [0.3, 0.4) is 0 Å². The van der Waals surface area contributed by atoms with Crippen LogP contribution in [0, 0.1) is 5.82 Å². The maximum atomic E-state index is 14.1. The Morgan fingerprint density at radius 2 is 2.00 bits per heavy atom. The van der Waals surface area contributed by atoms with Crippen LogP contribution >= 0.6 is 0 Å². The summed E-state index contributed by atoms with van der Waals surface area (Å²) in [5.41, 5.74) is 1.03. The van der Waals surface area contributed by atoms with Crippen LogP contribution in [0.1, 0.15) is 12.8 Å². The van der Waals surface area contributed by atoms with Crippen LogP contribution in [0.25, 0.3) is 22.3 Å². The maximum Gasteiger partial charge on any atom is 0.407 e. The predicted octanol–water partition coefficient (Wildman–Crippen LogP) is 3.49. The number of ether oxygens (including phenoxy) is 1. The van der Waals surface area contributed by atoms with E-state index in [1.165, 1.54) is 17.0 Å². The summed E-state index contributed by atoms with van der Waals surface area (Å²) in [4.78, 5) is 24.7. The molecule has 1 aromatic heterocycles. The molecular weight excluding hydrogens is 415 g/mol. The van der Waals surface area contributed by atoms with E-state index in [1.54, 1.807) is 30.3 Å². The lowest BCUT2D eigenvalue weighted by molar-refractivity contribution is 0.0928. The van der Waals surface area contributed by atoms with Gasteiger partial charge in [-0.1, -0.05) is 12.1 Å². The highest BCUT2D eigenvalue weighted by atomic mass is 19.1. The summed E-state index contributed by atoms with van der Waals surface area (Å²) in [5, 5.41) is 20.7. The molecule has 32 heavy (non-hydrogen) atoms.